The molecule has 0 radical (unpaired) electrons. The predicted octanol–water partition coefficient (Wildman–Crippen LogP) is 7.10. The largest absolute Gasteiger partial charge is 0.371 e. The molecule has 1 unspecified atom stereocenters. The molecule has 5 heteroatoms. The van der Waals surface area contributed by atoms with Crippen LogP contribution >= 0.6 is 0 Å². The van der Waals surface area contributed by atoms with Crippen LogP contribution in [-0.4, -0.2) is 54.5 Å². The standard InChI is InChI=1S/C39H50N4O/c1-28(2)35-9-5-6-10-36(35)37-27-41(26-29-11-12-30-7-3-4-8-32(30)23-29)21-22-43(37)34-24-39(25-34)17-19-42(20-18-39)33-15-13-31(14-16-33)38(40)44/h5-6,9-16,23,28,34,37H,3-4,7-8,17-22,24-27H2,1-2H3,(H2,40,44). The molecule has 3 aromatic carbocycles. The number of anilines is 1. The second kappa shape index (κ2) is 12.3. The second-order valence-electron chi connectivity index (χ2n) is 14.5. The van der Waals surface area contributed by atoms with E-state index in [0.717, 1.165) is 39.3 Å². The van der Waals surface area contributed by atoms with Gasteiger partial charge in [0.15, 0.2) is 0 Å². The number of primary amides is 1. The second-order valence-corrected chi connectivity index (χ2v) is 14.5. The van der Waals surface area contributed by atoms with E-state index in [-0.39, 0.29) is 5.91 Å². The van der Waals surface area contributed by atoms with Crippen LogP contribution in [0.2, 0.25) is 0 Å². The van der Waals surface area contributed by atoms with Gasteiger partial charge in [0, 0.05) is 62.6 Å². The monoisotopic (exact) mass is 590 g/mol. The van der Waals surface area contributed by atoms with Crippen LogP contribution in [0.1, 0.15) is 103 Å². The maximum absolute atomic E-state index is 11.5. The van der Waals surface area contributed by atoms with Gasteiger partial charge in [-0.25, -0.2) is 0 Å². The lowest BCUT2D eigenvalue weighted by Crippen LogP contribution is -2.60. The Morgan fingerprint density at radius 2 is 1.61 bits per heavy atom. The summed E-state index contributed by atoms with van der Waals surface area (Å²) in [5.41, 5.74) is 15.5. The molecule has 3 aromatic rings. The third-order valence-corrected chi connectivity index (χ3v) is 11.4. The van der Waals surface area contributed by atoms with Crippen LogP contribution in [-0.2, 0) is 19.4 Å². The SMILES string of the molecule is CC(C)c1ccccc1C1CN(Cc2ccc3c(c2)CCCC3)CCN1C1CC2(CCN(c3ccc(C(N)=O)cc3)CC2)C1. The highest BCUT2D eigenvalue weighted by Crippen LogP contribution is 2.53. The van der Waals surface area contributed by atoms with Gasteiger partial charge in [-0.05, 0) is 115 Å². The van der Waals surface area contributed by atoms with Crippen molar-refractivity contribution in [3.05, 3.63) is 100 Å². The molecular formula is C39H50N4O. The highest BCUT2D eigenvalue weighted by atomic mass is 16.1. The number of carbonyl (C=O) groups is 1. The molecule has 2 heterocycles. The molecule has 7 rings (SSSR count). The molecule has 3 fully saturated rings. The van der Waals surface area contributed by atoms with Crippen molar-refractivity contribution in [1.82, 2.24) is 9.80 Å². The van der Waals surface area contributed by atoms with Gasteiger partial charge in [-0.2, -0.15) is 0 Å². The Bertz CT molecular complexity index is 1460. The number of amides is 1. The zero-order valence-corrected chi connectivity index (χ0v) is 26.8. The zero-order chi connectivity index (χ0) is 30.3. The number of hydrogen-bond acceptors (Lipinski definition) is 4. The van der Waals surface area contributed by atoms with E-state index >= 15 is 0 Å². The number of nitrogens with two attached hydrogens (primary N) is 1. The molecule has 2 aliphatic heterocycles. The number of carbonyl (C=O) groups excluding carboxylic acids is 1. The lowest BCUT2D eigenvalue weighted by Gasteiger charge is -2.58. The fraction of sp³-hybridized carbons (Fsp3) is 0.513. The molecular weight excluding hydrogens is 540 g/mol. The van der Waals surface area contributed by atoms with Crippen LogP contribution < -0.4 is 10.6 Å². The number of fused-ring (bicyclic) bond motifs is 1. The summed E-state index contributed by atoms with van der Waals surface area (Å²) >= 11 is 0. The average Bonchev–Trinajstić information content (AvgIpc) is 3.04. The molecule has 1 amide bonds. The summed E-state index contributed by atoms with van der Waals surface area (Å²) in [6.07, 6.45) is 10.4. The van der Waals surface area contributed by atoms with E-state index < -0.39 is 0 Å². The Morgan fingerprint density at radius 1 is 0.886 bits per heavy atom. The van der Waals surface area contributed by atoms with Gasteiger partial charge in [-0.3, -0.25) is 14.6 Å². The van der Waals surface area contributed by atoms with Gasteiger partial charge in [0.2, 0.25) is 5.91 Å². The summed E-state index contributed by atoms with van der Waals surface area (Å²) in [6, 6.07) is 25.6. The van der Waals surface area contributed by atoms with E-state index in [1.807, 2.05) is 12.1 Å². The highest BCUT2D eigenvalue weighted by molar-refractivity contribution is 5.93. The fourth-order valence-electron chi connectivity index (χ4n) is 8.85. The Balaban J connectivity index is 1.04. The number of benzene rings is 3. The molecule has 5 nitrogen and oxygen atoms in total. The van der Waals surface area contributed by atoms with Crippen molar-refractivity contribution in [3.63, 3.8) is 0 Å². The molecule has 1 spiro atoms. The highest BCUT2D eigenvalue weighted by Gasteiger charge is 2.50. The van der Waals surface area contributed by atoms with Gasteiger partial charge in [-0.1, -0.05) is 56.3 Å². The maximum Gasteiger partial charge on any atom is 0.248 e. The summed E-state index contributed by atoms with van der Waals surface area (Å²) in [6.45, 7) is 11.4. The van der Waals surface area contributed by atoms with E-state index in [1.54, 1.807) is 16.7 Å². The third-order valence-electron chi connectivity index (χ3n) is 11.4. The Kier molecular flexibility index (Phi) is 8.28. The maximum atomic E-state index is 11.5. The summed E-state index contributed by atoms with van der Waals surface area (Å²) in [5, 5.41) is 0. The first-order valence-corrected chi connectivity index (χ1v) is 17.2. The molecule has 232 valence electrons. The van der Waals surface area contributed by atoms with E-state index in [4.69, 9.17) is 5.73 Å². The number of piperazine rings is 1. The van der Waals surface area contributed by atoms with Gasteiger partial charge in [0.1, 0.15) is 0 Å². The normalized spacial score (nSPS) is 22.6. The number of rotatable bonds is 7. The van der Waals surface area contributed by atoms with E-state index in [1.165, 1.54) is 68.2 Å². The molecule has 0 aromatic heterocycles. The van der Waals surface area contributed by atoms with E-state index in [2.05, 4.69) is 83.1 Å². The molecule has 2 aliphatic carbocycles. The van der Waals surface area contributed by atoms with Crippen molar-refractivity contribution < 1.29 is 4.79 Å². The van der Waals surface area contributed by atoms with Crippen molar-refractivity contribution >= 4 is 11.6 Å². The lowest BCUT2D eigenvalue weighted by molar-refractivity contribution is -0.0628. The topological polar surface area (TPSA) is 52.8 Å². The summed E-state index contributed by atoms with van der Waals surface area (Å²) in [7, 11) is 0. The Morgan fingerprint density at radius 3 is 2.34 bits per heavy atom. The van der Waals surface area contributed by atoms with Gasteiger partial charge in [-0.15, -0.1) is 0 Å². The Labute approximate surface area is 264 Å². The predicted molar refractivity (Wildman–Crippen MR) is 180 cm³/mol. The first kappa shape index (κ1) is 29.6. The fourth-order valence-corrected chi connectivity index (χ4v) is 8.85. The number of nitrogens with zero attached hydrogens (tertiary/aromatic N) is 3. The minimum atomic E-state index is -0.358. The summed E-state index contributed by atoms with van der Waals surface area (Å²) in [5.74, 6) is 0.168. The average molecular weight is 591 g/mol. The molecule has 1 saturated carbocycles. The summed E-state index contributed by atoms with van der Waals surface area (Å²) < 4.78 is 0. The molecule has 2 saturated heterocycles. The van der Waals surface area contributed by atoms with Crippen LogP contribution in [0.3, 0.4) is 0 Å². The Hall–Kier alpha value is -3.15. The smallest absolute Gasteiger partial charge is 0.248 e. The minimum Gasteiger partial charge on any atom is -0.371 e. The molecule has 2 N–H and O–H groups in total. The van der Waals surface area contributed by atoms with Crippen LogP contribution in [0.4, 0.5) is 5.69 Å². The van der Waals surface area contributed by atoms with Gasteiger partial charge in [0.05, 0.1) is 0 Å². The first-order valence-electron chi connectivity index (χ1n) is 17.2. The van der Waals surface area contributed by atoms with Crippen molar-refractivity contribution in [2.45, 2.75) is 89.8 Å². The van der Waals surface area contributed by atoms with E-state index in [9.17, 15) is 4.79 Å². The quantitative estimate of drug-likeness (QED) is 0.319. The third kappa shape index (κ3) is 5.93. The van der Waals surface area contributed by atoms with Crippen LogP contribution in [0.25, 0.3) is 0 Å². The van der Waals surface area contributed by atoms with Crippen molar-refractivity contribution in [1.29, 1.82) is 0 Å². The molecule has 44 heavy (non-hydrogen) atoms. The van der Waals surface area contributed by atoms with Crippen molar-refractivity contribution in [3.8, 4) is 0 Å². The van der Waals surface area contributed by atoms with Gasteiger partial charge in [0.25, 0.3) is 0 Å². The number of hydrogen-bond donors (Lipinski definition) is 1. The molecule has 0 bridgehead atoms. The van der Waals surface area contributed by atoms with Gasteiger partial charge >= 0.3 is 0 Å². The van der Waals surface area contributed by atoms with Crippen LogP contribution in [0.15, 0.2) is 66.7 Å². The zero-order valence-electron chi connectivity index (χ0n) is 26.8. The van der Waals surface area contributed by atoms with E-state index in [0.29, 0.717) is 29.0 Å². The van der Waals surface area contributed by atoms with Gasteiger partial charge < -0.3 is 10.6 Å². The molecule has 4 aliphatic rings. The summed E-state index contributed by atoms with van der Waals surface area (Å²) in [4.78, 5) is 19.6. The first-order chi connectivity index (χ1) is 21.4. The minimum absolute atomic E-state index is 0.358. The van der Waals surface area contributed by atoms with Crippen LogP contribution in [0.5, 0.6) is 0 Å². The van der Waals surface area contributed by atoms with Crippen molar-refractivity contribution in [2.75, 3.05) is 37.6 Å². The van der Waals surface area contributed by atoms with Crippen LogP contribution in [0, 0.1) is 5.41 Å². The number of aryl methyl sites for hydroxylation is 2. The molecule has 1 atom stereocenters. The number of piperidine rings is 1. The van der Waals surface area contributed by atoms with Crippen molar-refractivity contribution in [2.24, 2.45) is 11.1 Å². The lowest BCUT2D eigenvalue weighted by atomic mass is 9.59.